The molecule has 6 heteroatoms. The molecule has 1 saturated heterocycles. The van der Waals surface area contributed by atoms with Crippen LogP contribution in [0.25, 0.3) is 0 Å². The van der Waals surface area contributed by atoms with Crippen LogP contribution in [0.2, 0.25) is 0 Å². The highest BCUT2D eigenvalue weighted by atomic mass is 19.2. The highest BCUT2D eigenvalue weighted by Crippen LogP contribution is 2.31. The van der Waals surface area contributed by atoms with Crippen LogP contribution in [-0.4, -0.2) is 27.8 Å². The monoisotopic (exact) mass is 295 g/mol. The van der Waals surface area contributed by atoms with E-state index < -0.39 is 17.5 Å². The molecule has 3 rings (SSSR count). The second-order valence-corrected chi connectivity index (χ2v) is 5.46. The van der Waals surface area contributed by atoms with Gasteiger partial charge in [-0.25, -0.2) is 13.2 Å². The normalized spacial score (nSPS) is 19.3. The fourth-order valence-corrected chi connectivity index (χ4v) is 2.89. The zero-order valence-electron chi connectivity index (χ0n) is 11.7. The average molecular weight is 295 g/mol. The van der Waals surface area contributed by atoms with Crippen LogP contribution in [0.15, 0.2) is 24.4 Å². The van der Waals surface area contributed by atoms with Gasteiger partial charge in [0.05, 0.1) is 5.69 Å². The van der Waals surface area contributed by atoms with Crippen molar-refractivity contribution >= 4 is 0 Å². The number of hydrogen-bond donors (Lipinski definition) is 0. The van der Waals surface area contributed by atoms with Gasteiger partial charge in [0.1, 0.15) is 5.82 Å². The van der Waals surface area contributed by atoms with Crippen molar-refractivity contribution in [1.29, 1.82) is 0 Å². The maximum atomic E-state index is 13.8. The van der Waals surface area contributed by atoms with Gasteiger partial charge in [-0.1, -0.05) is 0 Å². The van der Waals surface area contributed by atoms with Crippen molar-refractivity contribution < 1.29 is 13.2 Å². The molecule has 1 unspecified atom stereocenters. The largest absolute Gasteiger partial charge is 0.297 e. The van der Waals surface area contributed by atoms with Crippen LogP contribution < -0.4 is 0 Å². The summed E-state index contributed by atoms with van der Waals surface area (Å²) in [4.78, 5) is 2.14. The van der Waals surface area contributed by atoms with E-state index in [9.17, 15) is 13.2 Å². The van der Waals surface area contributed by atoms with E-state index in [-0.39, 0.29) is 11.5 Å². The van der Waals surface area contributed by atoms with Crippen molar-refractivity contribution in [2.45, 2.75) is 18.9 Å². The summed E-state index contributed by atoms with van der Waals surface area (Å²) < 4.78 is 42.2. The Balaban J connectivity index is 1.74. The number of rotatable bonds is 3. The van der Waals surface area contributed by atoms with Crippen molar-refractivity contribution in [3.63, 3.8) is 0 Å². The summed E-state index contributed by atoms with van der Waals surface area (Å²) in [5.41, 5.74) is 1.20. The molecule has 0 amide bonds. The summed E-state index contributed by atoms with van der Waals surface area (Å²) in [6.07, 6.45) is 2.42. The highest BCUT2D eigenvalue weighted by Gasteiger charge is 2.28. The van der Waals surface area contributed by atoms with E-state index in [0.717, 1.165) is 18.3 Å². The summed E-state index contributed by atoms with van der Waals surface area (Å²) in [7, 11) is 1.87. The molecule has 0 radical (unpaired) electrons. The number of benzene rings is 1. The first kappa shape index (κ1) is 14.1. The van der Waals surface area contributed by atoms with Crippen molar-refractivity contribution in [1.82, 2.24) is 14.7 Å². The number of halogens is 3. The summed E-state index contributed by atoms with van der Waals surface area (Å²) in [5, 5.41) is 4.10. The number of aryl methyl sites for hydroxylation is 1. The lowest BCUT2D eigenvalue weighted by molar-refractivity contribution is 0.316. The Kier molecular flexibility index (Phi) is 3.71. The first-order chi connectivity index (χ1) is 10.0. The number of aromatic nitrogens is 2. The fourth-order valence-electron chi connectivity index (χ4n) is 2.89. The molecule has 0 bridgehead atoms. The zero-order chi connectivity index (χ0) is 15.0. The van der Waals surface area contributed by atoms with Gasteiger partial charge in [0.15, 0.2) is 11.6 Å². The Morgan fingerprint density at radius 1 is 1.29 bits per heavy atom. The molecule has 0 aliphatic carbocycles. The lowest BCUT2D eigenvalue weighted by atomic mass is 9.97. The average Bonchev–Trinajstić information content (AvgIpc) is 3.05. The van der Waals surface area contributed by atoms with Crippen molar-refractivity contribution in [3.8, 4) is 0 Å². The molecule has 21 heavy (non-hydrogen) atoms. The molecule has 0 spiro atoms. The minimum Gasteiger partial charge on any atom is -0.297 e. The Morgan fingerprint density at radius 3 is 2.81 bits per heavy atom. The molecule has 1 aromatic heterocycles. The Labute approximate surface area is 121 Å². The standard InChI is InChI=1S/C15H16F3N3/c1-20-12(2-4-19-20)9-21-5-3-10(8-21)13-6-11(16)7-14(17)15(13)18/h2,4,6-7,10H,3,5,8-9H2,1H3. The third-order valence-electron chi connectivity index (χ3n) is 4.04. The highest BCUT2D eigenvalue weighted by molar-refractivity contribution is 5.25. The van der Waals surface area contributed by atoms with Crippen molar-refractivity contribution in [2.24, 2.45) is 7.05 Å². The van der Waals surface area contributed by atoms with Gasteiger partial charge < -0.3 is 0 Å². The maximum Gasteiger partial charge on any atom is 0.162 e. The van der Waals surface area contributed by atoms with Gasteiger partial charge >= 0.3 is 0 Å². The molecule has 1 aliphatic heterocycles. The number of hydrogen-bond acceptors (Lipinski definition) is 2. The van der Waals surface area contributed by atoms with Crippen LogP contribution >= 0.6 is 0 Å². The topological polar surface area (TPSA) is 21.1 Å². The van der Waals surface area contributed by atoms with Crippen molar-refractivity contribution in [3.05, 3.63) is 53.1 Å². The molecule has 112 valence electrons. The van der Waals surface area contributed by atoms with E-state index in [1.54, 1.807) is 10.9 Å². The molecule has 1 aromatic carbocycles. The first-order valence-corrected chi connectivity index (χ1v) is 6.88. The summed E-state index contributed by atoms with van der Waals surface area (Å²) >= 11 is 0. The molecule has 2 heterocycles. The molecule has 0 N–H and O–H groups in total. The molecule has 2 aromatic rings. The fraction of sp³-hybridized carbons (Fsp3) is 0.400. The molecule has 1 aliphatic rings. The minimum atomic E-state index is -1.12. The van der Waals surface area contributed by atoms with Gasteiger partial charge in [-0.3, -0.25) is 9.58 Å². The van der Waals surface area contributed by atoms with Crippen LogP contribution in [0.5, 0.6) is 0 Å². The van der Waals surface area contributed by atoms with Gasteiger partial charge in [0.2, 0.25) is 0 Å². The smallest absolute Gasteiger partial charge is 0.162 e. The second-order valence-electron chi connectivity index (χ2n) is 5.46. The third-order valence-corrected chi connectivity index (χ3v) is 4.04. The Hall–Kier alpha value is -1.82. The first-order valence-electron chi connectivity index (χ1n) is 6.88. The van der Waals surface area contributed by atoms with E-state index in [1.165, 1.54) is 0 Å². The Morgan fingerprint density at radius 2 is 2.10 bits per heavy atom. The summed E-state index contributed by atoms with van der Waals surface area (Å²) in [5.74, 6) is -2.95. The van der Waals surface area contributed by atoms with Gasteiger partial charge in [-0.05, 0) is 30.7 Å². The van der Waals surface area contributed by atoms with E-state index in [1.807, 2.05) is 13.1 Å². The molecule has 3 nitrogen and oxygen atoms in total. The molecule has 1 fully saturated rings. The summed E-state index contributed by atoms with van der Waals surface area (Å²) in [6, 6.07) is 3.62. The van der Waals surface area contributed by atoms with Crippen LogP contribution in [0.1, 0.15) is 23.6 Å². The second kappa shape index (κ2) is 5.52. The quantitative estimate of drug-likeness (QED) is 0.812. The Bertz CT molecular complexity index is 654. The SMILES string of the molecule is Cn1nccc1CN1CCC(c2cc(F)cc(F)c2F)C1. The molecule has 0 saturated carbocycles. The minimum absolute atomic E-state index is 0.139. The third kappa shape index (κ3) is 2.81. The van der Waals surface area contributed by atoms with E-state index >= 15 is 0 Å². The number of likely N-dealkylation sites (tertiary alicyclic amines) is 1. The lowest BCUT2D eigenvalue weighted by Crippen LogP contribution is -2.21. The molecular formula is C15H16F3N3. The van der Waals surface area contributed by atoms with Gasteiger partial charge in [0, 0.05) is 38.3 Å². The number of nitrogens with zero attached hydrogens (tertiary/aromatic N) is 3. The molecule has 1 atom stereocenters. The lowest BCUT2D eigenvalue weighted by Gasteiger charge is -2.16. The van der Waals surface area contributed by atoms with Crippen LogP contribution in [0, 0.1) is 17.5 Å². The predicted molar refractivity (Wildman–Crippen MR) is 72.2 cm³/mol. The predicted octanol–water partition coefficient (Wildman–Crippen LogP) is 2.83. The van der Waals surface area contributed by atoms with Crippen LogP contribution in [-0.2, 0) is 13.6 Å². The van der Waals surface area contributed by atoms with E-state index in [0.29, 0.717) is 25.6 Å². The van der Waals surface area contributed by atoms with Gasteiger partial charge in [-0.15, -0.1) is 0 Å². The van der Waals surface area contributed by atoms with E-state index in [4.69, 9.17) is 0 Å². The van der Waals surface area contributed by atoms with Crippen molar-refractivity contribution in [2.75, 3.05) is 13.1 Å². The van der Waals surface area contributed by atoms with Gasteiger partial charge in [0.25, 0.3) is 0 Å². The zero-order valence-corrected chi connectivity index (χ0v) is 11.7. The summed E-state index contributed by atoms with van der Waals surface area (Å²) in [6.45, 7) is 2.06. The van der Waals surface area contributed by atoms with Crippen LogP contribution in [0.4, 0.5) is 13.2 Å². The maximum absolute atomic E-state index is 13.8. The van der Waals surface area contributed by atoms with Gasteiger partial charge in [-0.2, -0.15) is 5.10 Å². The van der Waals surface area contributed by atoms with E-state index in [2.05, 4.69) is 10.00 Å². The molecular weight excluding hydrogens is 279 g/mol. The van der Waals surface area contributed by atoms with Crippen LogP contribution in [0.3, 0.4) is 0 Å².